The van der Waals surface area contributed by atoms with Crippen molar-refractivity contribution < 1.29 is 0 Å². The van der Waals surface area contributed by atoms with E-state index in [1.165, 1.54) is 37.7 Å². The van der Waals surface area contributed by atoms with Gasteiger partial charge >= 0.3 is 0 Å². The fourth-order valence-electron chi connectivity index (χ4n) is 3.65. The largest absolute Gasteiger partial charge is 0.307 e. The lowest BCUT2D eigenvalue weighted by atomic mass is 9.77. The van der Waals surface area contributed by atoms with E-state index in [1.807, 2.05) is 12.1 Å². The van der Waals surface area contributed by atoms with Crippen LogP contribution >= 0.6 is 11.6 Å². The highest BCUT2D eigenvalue weighted by Crippen LogP contribution is 2.43. The minimum atomic E-state index is 0.532. The van der Waals surface area contributed by atoms with Crippen LogP contribution in [0.3, 0.4) is 0 Å². The molecule has 4 atom stereocenters. The number of nitrogens with one attached hydrogen (secondary N) is 1. The molecule has 0 heterocycles. The van der Waals surface area contributed by atoms with Gasteiger partial charge < -0.3 is 5.32 Å². The molecule has 2 aliphatic rings. The highest BCUT2D eigenvalue weighted by Gasteiger charge is 2.36. The first-order chi connectivity index (χ1) is 9.65. The Bertz CT molecular complexity index is 437. The second kappa shape index (κ2) is 6.07. The van der Waals surface area contributed by atoms with E-state index < -0.39 is 0 Å². The smallest absolute Gasteiger partial charge is 0.0406 e. The van der Waals surface area contributed by atoms with Crippen LogP contribution < -0.4 is 5.32 Å². The van der Waals surface area contributed by atoms with E-state index in [-0.39, 0.29) is 0 Å². The van der Waals surface area contributed by atoms with Crippen LogP contribution in [0.5, 0.6) is 0 Å². The lowest BCUT2D eigenvalue weighted by Gasteiger charge is -2.37. The minimum absolute atomic E-state index is 0.532. The average molecular weight is 292 g/mol. The van der Waals surface area contributed by atoms with Gasteiger partial charge in [-0.3, -0.25) is 0 Å². The maximum absolute atomic E-state index is 6.03. The van der Waals surface area contributed by atoms with E-state index in [9.17, 15) is 0 Å². The molecule has 4 unspecified atom stereocenters. The third-order valence-corrected chi connectivity index (χ3v) is 5.67. The van der Waals surface area contributed by atoms with Gasteiger partial charge in [0.15, 0.2) is 0 Å². The maximum Gasteiger partial charge on any atom is 0.0406 e. The molecule has 2 aliphatic carbocycles. The molecule has 0 saturated heterocycles. The molecule has 20 heavy (non-hydrogen) atoms. The molecule has 110 valence electrons. The quantitative estimate of drug-likeness (QED) is 0.803. The summed E-state index contributed by atoms with van der Waals surface area (Å²) in [5.41, 5.74) is 1.42. The molecule has 1 aromatic carbocycles. The average Bonchev–Trinajstić information content (AvgIpc) is 3.26. The molecule has 2 fully saturated rings. The molecule has 0 amide bonds. The van der Waals surface area contributed by atoms with Gasteiger partial charge in [-0.2, -0.15) is 0 Å². The van der Waals surface area contributed by atoms with Crippen LogP contribution in [0.1, 0.15) is 57.6 Å². The van der Waals surface area contributed by atoms with Gasteiger partial charge in [-0.25, -0.2) is 0 Å². The number of benzene rings is 1. The van der Waals surface area contributed by atoms with E-state index >= 15 is 0 Å². The van der Waals surface area contributed by atoms with Crippen molar-refractivity contribution in [3.8, 4) is 0 Å². The van der Waals surface area contributed by atoms with Crippen molar-refractivity contribution in [1.82, 2.24) is 5.32 Å². The predicted molar refractivity (Wildman–Crippen MR) is 86.0 cm³/mol. The molecule has 2 saturated carbocycles. The van der Waals surface area contributed by atoms with Crippen molar-refractivity contribution in [3.63, 3.8) is 0 Å². The normalized spacial score (nSPS) is 32.0. The first-order valence-electron chi connectivity index (χ1n) is 8.16. The third-order valence-electron chi connectivity index (χ3n) is 5.42. The molecular formula is C18H26ClN. The van der Waals surface area contributed by atoms with Crippen molar-refractivity contribution in [2.75, 3.05) is 0 Å². The van der Waals surface area contributed by atoms with E-state index in [0.29, 0.717) is 12.1 Å². The van der Waals surface area contributed by atoms with Crippen molar-refractivity contribution in [1.29, 1.82) is 0 Å². The van der Waals surface area contributed by atoms with Gasteiger partial charge in [0.05, 0.1) is 0 Å². The number of rotatable bonds is 4. The van der Waals surface area contributed by atoms with Crippen molar-refractivity contribution in [3.05, 3.63) is 34.9 Å². The molecule has 0 bridgehead atoms. The Labute approximate surface area is 128 Å². The Morgan fingerprint density at radius 1 is 1.05 bits per heavy atom. The van der Waals surface area contributed by atoms with Gasteiger partial charge in [-0.15, -0.1) is 0 Å². The lowest BCUT2D eigenvalue weighted by Crippen LogP contribution is -2.43. The van der Waals surface area contributed by atoms with Crippen LogP contribution in [0.15, 0.2) is 24.3 Å². The summed E-state index contributed by atoms with van der Waals surface area (Å²) in [7, 11) is 0. The summed E-state index contributed by atoms with van der Waals surface area (Å²) < 4.78 is 0. The molecule has 0 aliphatic heterocycles. The van der Waals surface area contributed by atoms with Crippen LogP contribution in [0.25, 0.3) is 0 Å². The zero-order valence-corrected chi connectivity index (χ0v) is 13.4. The molecule has 0 spiro atoms. The van der Waals surface area contributed by atoms with Crippen molar-refractivity contribution in [2.24, 2.45) is 17.8 Å². The second-order valence-electron chi connectivity index (χ2n) is 6.91. The van der Waals surface area contributed by atoms with Gasteiger partial charge in [0, 0.05) is 17.1 Å². The molecule has 0 radical (unpaired) electrons. The molecule has 2 heteroatoms. The van der Waals surface area contributed by atoms with Crippen LogP contribution in [-0.2, 0) is 0 Å². The first-order valence-corrected chi connectivity index (χ1v) is 8.54. The molecule has 3 rings (SSSR count). The summed E-state index contributed by atoms with van der Waals surface area (Å²) in [5.74, 6) is 2.48. The maximum atomic E-state index is 6.03. The summed E-state index contributed by atoms with van der Waals surface area (Å²) >= 11 is 6.03. The van der Waals surface area contributed by atoms with Gasteiger partial charge in [0.1, 0.15) is 0 Å². The van der Waals surface area contributed by atoms with Crippen LogP contribution in [0.4, 0.5) is 0 Å². The number of halogens is 1. The number of hydrogen-bond acceptors (Lipinski definition) is 1. The second-order valence-corrected chi connectivity index (χ2v) is 7.34. The van der Waals surface area contributed by atoms with E-state index in [0.717, 1.165) is 22.8 Å². The summed E-state index contributed by atoms with van der Waals surface area (Å²) in [4.78, 5) is 0. The Morgan fingerprint density at radius 2 is 1.75 bits per heavy atom. The highest BCUT2D eigenvalue weighted by molar-refractivity contribution is 6.30. The fraction of sp³-hybridized carbons (Fsp3) is 0.667. The standard InChI is InChI=1S/C18H26ClN/c1-12-4-3-5-17(13(12)2)20-18(14-6-7-14)15-8-10-16(19)11-9-15/h8-14,17-18,20H,3-7H2,1-2H3. The van der Waals surface area contributed by atoms with Gasteiger partial charge in [-0.05, 0) is 54.7 Å². The summed E-state index contributed by atoms with van der Waals surface area (Å²) in [5, 5.41) is 4.83. The summed E-state index contributed by atoms with van der Waals surface area (Å²) in [6, 6.07) is 9.68. The van der Waals surface area contributed by atoms with Gasteiger partial charge in [-0.1, -0.05) is 50.4 Å². The van der Waals surface area contributed by atoms with Crippen LogP contribution in [0.2, 0.25) is 5.02 Å². The third kappa shape index (κ3) is 3.20. The molecule has 1 N–H and O–H groups in total. The van der Waals surface area contributed by atoms with Crippen molar-refractivity contribution in [2.45, 2.75) is 58.0 Å². The zero-order chi connectivity index (χ0) is 14.1. The first kappa shape index (κ1) is 14.4. The topological polar surface area (TPSA) is 12.0 Å². The van der Waals surface area contributed by atoms with Crippen LogP contribution in [-0.4, -0.2) is 6.04 Å². The van der Waals surface area contributed by atoms with Gasteiger partial charge in [0.2, 0.25) is 0 Å². The molecule has 1 aromatic rings. The lowest BCUT2D eigenvalue weighted by molar-refractivity contribution is 0.188. The Hall–Kier alpha value is -0.530. The Kier molecular flexibility index (Phi) is 4.37. The SMILES string of the molecule is CC1CCCC(NC(c2ccc(Cl)cc2)C2CC2)C1C. The predicted octanol–water partition coefficient (Wildman–Crippen LogP) is 5.21. The summed E-state index contributed by atoms with van der Waals surface area (Å²) in [6.45, 7) is 4.83. The van der Waals surface area contributed by atoms with E-state index in [2.05, 4.69) is 31.3 Å². The summed E-state index contributed by atoms with van der Waals surface area (Å²) in [6.07, 6.45) is 6.85. The van der Waals surface area contributed by atoms with Crippen LogP contribution in [0, 0.1) is 17.8 Å². The fourth-order valence-corrected chi connectivity index (χ4v) is 3.78. The zero-order valence-electron chi connectivity index (χ0n) is 12.6. The van der Waals surface area contributed by atoms with Crippen molar-refractivity contribution >= 4 is 11.6 Å². The van der Waals surface area contributed by atoms with Gasteiger partial charge in [0.25, 0.3) is 0 Å². The van der Waals surface area contributed by atoms with E-state index in [1.54, 1.807) is 0 Å². The Balaban J connectivity index is 1.73. The minimum Gasteiger partial charge on any atom is -0.307 e. The molecule has 0 aromatic heterocycles. The highest BCUT2D eigenvalue weighted by atomic mass is 35.5. The molecular weight excluding hydrogens is 266 g/mol. The Morgan fingerprint density at radius 3 is 2.40 bits per heavy atom. The molecule has 1 nitrogen and oxygen atoms in total. The monoisotopic (exact) mass is 291 g/mol. The van der Waals surface area contributed by atoms with E-state index in [4.69, 9.17) is 11.6 Å². The number of hydrogen-bond donors (Lipinski definition) is 1.